The number of hydrogen-bond donors (Lipinski definition) is 1. The van der Waals surface area contributed by atoms with E-state index >= 15 is 0 Å². The largest absolute Gasteiger partial charge is 0.478 e. The summed E-state index contributed by atoms with van der Waals surface area (Å²) >= 11 is 5.87. The van der Waals surface area contributed by atoms with Crippen molar-refractivity contribution in [2.24, 2.45) is 0 Å². The zero-order chi connectivity index (χ0) is 14.8. The average molecular weight is 323 g/mol. The minimum absolute atomic E-state index is 0.0225. The van der Waals surface area contributed by atoms with Crippen molar-refractivity contribution in [1.29, 1.82) is 0 Å². The van der Waals surface area contributed by atoms with Crippen LogP contribution >= 0.6 is 11.6 Å². The maximum atomic E-state index is 12.0. The summed E-state index contributed by atoms with van der Waals surface area (Å²) in [5.74, 6) is -1.34. The molecule has 0 aliphatic carbocycles. The van der Waals surface area contributed by atoms with Crippen LogP contribution in [0.1, 0.15) is 10.4 Å². The summed E-state index contributed by atoms with van der Waals surface area (Å²) in [7, 11) is -5.44. The van der Waals surface area contributed by atoms with Gasteiger partial charge in [0, 0.05) is 12.0 Å². The van der Waals surface area contributed by atoms with Gasteiger partial charge in [-0.2, -0.15) is 0 Å². The predicted octanol–water partition coefficient (Wildman–Crippen LogP) is 1.74. The monoisotopic (exact) mass is 322 g/mol. The maximum absolute atomic E-state index is 12.0. The summed E-state index contributed by atoms with van der Waals surface area (Å²) in [5.41, 5.74) is -0.290. The van der Waals surface area contributed by atoms with E-state index in [1.807, 2.05) is 0 Å². The molecule has 104 valence electrons. The number of rotatable bonds is 5. The summed E-state index contributed by atoms with van der Waals surface area (Å²) in [5, 5.41) is 8.62. The summed E-state index contributed by atoms with van der Waals surface area (Å²) in [6.07, 6.45) is 2.28. The first-order valence-electron chi connectivity index (χ1n) is 4.95. The van der Waals surface area contributed by atoms with Crippen LogP contribution in [0.4, 0.5) is 0 Å². The highest BCUT2D eigenvalue weighted by Crippen LogP contribution is 2.31. The number of aromatic carboxylic acids is 1. The minimum Gasteiger partial charge on any atom is -0.478 e. The molecule has 0 saturated heterocycles. The molecular formula is C11H11ClO5S2. The Morgan fingerprint density at radius 1 is 1.53 bits per heavy atom. The number of benzene rings is 1. The quantitative estimate of drug-likeness (QED) is 0.834. The third-order valence-corrected chi connectivity index (χ3v) is 5.38. The number of carboxylic acid groups (broad SMARTS) is 1. The fraction of sp³-hybridized carbons (Fsp3) is 0.182. The van der Waals surface area contributed by atoms with E-state index in [-0.39, 0.29) is 26.1 Å². The summed E-state index contributed by atoms with van der Waals surface area (Å²) in [6, 6.07) is 2.18. The highest BCUT2D eigenvalue weighted by atomic mass is 35.5. The number of carboxylic acids is 1. The van der Waals surface area contributed by atoms with Gasteiger partial charge in [0.2, 0.25) is 0 Å². The van der Waals surface area contributed by atoms with E-state index in [2.05, 4.69) is 6.58 Å². The standard InChI is InChI=1S/C11H11ClO5S2/c1-3-6-18(15)10-8(19(2,16)17)5-4-7(9(10)12)11(13)14/h3-5H,1,6H2,2H3,(H,13,14). The number of hydrogen-bond acceptors (Lipinski definition) is 4. The average Bonchev–Trinajstić information content (AvgIpc) is 2.26. The molecule has 0 bridgehead atoms. The maximum Gasteiger partial charge on any atom is 0.337 e. The first-order chi connectivity index (χ1) is 8.70. The Kier molecular flexibility index (Phi) is 4.89. The summed E-state index contributed by atoms with van der Waals surface area (Å²) in [4.78, 5) is 10.5. The molecule has 1 N–H and O–H groups in total. The molecule has 0 heterocycles. The number of carbonyl (C=O) groups is 1. The zero-order valence-electron chi connectivity index (χ0n) is 9.92. The van der Waals surface area contributed by atoms with Gasteiger partial charge >= 0.3 is 5.97 Å². The lowest BCUT2D eigenvalue weighted by molar-refractivity contribution is 0.0696. The Bertz CT molecular complexity index is 664. The van der Waals surface area contributed by atoms with Crippen molar-refractivity contribution in [3.8, 4) is 0 Å². The molecule has 0 aromatic heterocycles. The molecule has 1 aromatic rings. The summed E-state index contributed by atoms with van der Waals surface area (Å²) < 4.78 is 35.3. The fourth-order valence-electron chi connectivity index (χ4n) is 1.40. The molecule has 0 saturated carbocycles. The number of sulfone groups is 1. The Balaban J connectivity index is 3.69. The van der Waals surface area contributed by atoms with Gasteiger partial charge in [0.15, 0.2) is 9.84 Å². The van der Waals surface area contributed by atoms with Gasteiger partial charge in [-0.1, -0.05) is 17.7 Å². The van der Waals surface area contributed by atoms with Crippen LogP contribution in [0.5, 0.6) is 0 Å². The molecule has 1 rings (SSSR count). The lowest BCUT2D eigenvalue weighted by Crippen LogP contribution is -2.10. The van der Waals surface area contributed by atoms with Crippen molar-refractivity contribution in [3.63, 3.8) is 0 Å². The first-order valence-corrected chi connectivity index (χ1v) is 8.54. The normalized spacial score (nSPS) is 12.9. The Labute approximate surface area is 118 Å². The Morgan fingerprint density at radius 3 is 2.53 bits per heavy atom. The van der Waals surface area contributed by atoms with E-state index in [0.717, 1.165) is 18.4 Å². The molecule has 8 heteroatoms. The molecule has 0 aliphatic heterocycles. The van der Waals surface area contributed by atoms with Crippen LogP contribution in [-0.4, -0.2) is 35.7 Å². The molecule has 1 unspecified atom stereocenters. The minimum atomic E-state index is -3.67. The molecule has 0 fully saturated rings. The van der Waals surface area contributed by atoms with Crippen LogP contribution in [0.3, 0.4) is 0 Å². The van der Waals surface area contributed by atoms with Gasteiger partial charge in [-0.15, -0.1) is 6.58 Å². The third kappa shape index (κ3) is 3.43. The van der Waals surface area contributed by atoms with Crippen LogP contribution in [0.2, 0.25) is 5.02 Å². The molecule has 5 nitrogen and oxygen atoms in total. The Hall–Kier alpha value is -1.18. The van der Waals surface area contributed by atoms with Crippen LogP contribution in [0.25, 0.3) is 0 Å². The van der Waals surface area contributed by atoms with Crippen molar-refractivity contribution in [2.45, 2.75) is 9.79 Å². The Morgan fingerprint density at radius 2 is 2.11 bits per heavy atom. The van der Waals surface area contributed by atoms with E-state index < -0.39 is 26.6 Å². The molecule has 1 aromatic carbocycles. The second-order valence-corrected chi connectivity index (χ2v) is 7.43. The topological polar surface area (TPSA) is 88.5 Å². The van der Waals surface area contributed by atoms with E-state index in [1.165, 1.54) is 6.08 Å². The molecule has 0 spiro atoms. The molecule has 0 radical (unpaired) electrons. The van der Waals surface area contributed by atoms with Crippen LogP contribution in [-0.2, 0) is 20.6 Å². The number of halogens is 1. The van der Waals surface area contributed by atoms with Gasteiger partial charge in [0.25, 0.3) is 0 Å². The predicted molar refractivity (Wildman–Crippen MR) is 73.0 cm³/mol. The molecule has 1 atom stereocenters. The summed E-state index contributed by atoms with van der Waals surface area (Å²) in [6.45, 7) is 3.40. The second kappa shape index (κ2) is 5.85. The first kappa shape index (κ1) is 15.9. The molecule has 19 heavy (non-hydrogen) atoms. The molecule has 0 aliphatic rings. The molecular weight excluding hydrogens is 312 g/mol. The van der Waals surface area contributed by atoms with Gasteiger partial charge < -0.3 is 5.11 Å². The fourth-order valence-corrected chi connectivity index (χ4v) is 4.43. The highest BCUT2D eigenvalue weighted by molar-refractivity contribution is 7.92. The second-order valence-electron chi connectivity index (χ2n) is 3.63. The van der Waals surface area contributed by atoms with Crippen LogP contribution in [0.15, 0.2) is 34.6 Å². The van der Waals surface area contributed by atoms with Gasteiger partial charge in [-0.25, -0.2) is 13.2 Å². The lowest BCUT2D eigenvalue weighted by atomic mass is 10.2. The smallest absolute Gasteiger partial charge is 0.337 e. The van der Waals surface area contributed by atoms with Gasteiger partial charge in [-0.05, 0) is 12.1 Å². The van der Waals surface area contributed by atoms with Gasteiger partial charge in [0.1, 0.15) is 0 Å². The lowest BCUT2D eigenvalue weighted by Gasteiger charge is -2.11. The van der Waals surface area contributed by atoms with Crippen molar-refractivity contribution in [3.05, 3.63) is 35.4 Å². The van der Waals surface area contributed by atoms with Crippen molar-refractivity contribution in [1.82, 2.24) is 0 Å². The van der Waals surface area contributed by atoms with Crippen LogP contribution < -0.4 is 0 Å². The van der Waals surface area contributed by atoms with Gasteiger partial charge in [0.05, 0.1) is 31.2 Å². The third-order valence-electron chi connectivity index (χ3n) is 2.19. The zero-order valence-corrected chi connectivity index (χ0v) is 12.3. The van der Waals surface area contributed by atoms with Crippen molar-refractivity contribution in [2.75, 3.05) is 12.0 Å². The SMILES string of the molecule is C=CCS(=O)c1c(S(C)(=O)=O)ccc(C(=O)O)c1Cl. The van der Waals surface area contributed by atoms with E-state index in [1.54, 1.807) is 0 Å². The van der Waals surface area contributed by atoms with E-state index in [0.29, 0.717) is 0 Å². The van der Waals surface area contributed by atoms with Crippen molar-refractivity contribution < 1.29 is 22.5 Å². The molecule has 0 amide bonds. The highest BCUT2D eigenvalue weighted by Gasteiger charge is 2.24. The van der Waals surface area contributed by atoms with Crippen molar-refractivity contribution >= 4 is 38.2 Å². The van der Waals surface area contributed by atoms with Crippen LogP contribution in [0, 0.1) is 0 Å². The van der Waals surface area contributed by atoms with Gasteiger partial charge in [-0.3, -0.25) is 4.21 Å². The van der Waals surface area contributed by atoms with E-state index in [9.17, 15) is 17.4 Å². The van der Waals surface area contributed by atoms with E-state index in [4.69, 9.17) is 16.7 Å².